The second-order valence-electron chi connectivity index (χ2n) is 3.98. The van der Waals surface area contributed by atoms with E-state index in [0.717, 1.165) is 31.1 Å². The van der Waals surface area contributed by atoms with E-state index in [4.69, 9.17) is 10.5 Å². The summed E-state index contributed by atoms with van der Waals surface area (Å²) < 4.78 is 4.97. The van der Waals surface area contributed by atoms with Gasteiger partial charge in [-0.2, -0.15) is 5.10 Å². The molecule has 0 radical (unpaired) electrons. The van der Waals surface area contributed by atoms with Crippen LogP contribution in [0.1, 0.15) is 50.3 Å². The molecule has 0 aromatic carbocycles. The average molecular weight is 212 g/mol. The van der Waals surface area contributed by atoms with Crippen molar-refractivity contribution in [3.63, 3.8) is 0 Å². The summed E-state index contributed by atoms with van der Waals surface area (Å²) in [7, 11) is 1.69. The van der Waals surface area contributed by atoms with E-state index in [-0.39, 0.29) is 6.04 Å². The number of aromatic nitrogens is 3. The zero-order chi connectivity index (χ0) is 11.3. The van der Waals surface area contributed by atoms with Crippen molar-refractivity contribution < 1.29 is 4.74 Å². The van der Waals surface area contributed by atoms with Gasteiger partial charge >= 0.3 is 0 Å². The predicted molar refractivity (Wildman–Crippen MR) is 58.5 cm³/mol. The van der Waals surface area contributed by atoms with E-state index in [1.165, 1.54) is 0 Å². The molecule has 0 aliphatic heterocycles. The largest absolute Gasteiger partial charge is 0.385 e. The summed E-state index contributed by atoms with van der Waals surface area (Å²) in [5.41, 5.74) is 5.96. The number of methoxy groups -OCH3 is 1. The highest BCUT2D eigenvalue weighted by Gasteiger charge is 2.12. The maximum absolute atomic E-state index is 5.96. The smallest absolute Gasteiger partial charge is 0.153 e. The van der Waals surface area contributed by atoms with Crippen LogP contribution in [0.3, 0.4) is 0 Å². The summed E-state index contributed by atoms with van der Waals surface area (Å²) in [5, 5.41) is 7.00. The minimum atomic E-state index is -0.0693. The molecule has 86 valence electrons. The Bertz CT molecular complexity index is 285. The Kier molecular flexibility index (Phi) is 4.71. The minimum absolute atomic E-state index is 0.0693. The van der Waals surface area contributed by atoms with E-state index in [1.54, 1.807) is 7.11 Å². The Labute approximate surface area is 90.4 Å². The first-order valence-corrected chi connectivity index (χ1v) is 5.31. The summed E-state index contributed by atoms with van der Waals surface area (Å²) in [6.07, 6.45) is 1.80. The number of hydrogen-bond donors (Lipinski definition) is 2. The van der Waals surface area contributed by atoms with Gasteiger partial charge in [0.25, 0.3) is 0 Å². The van der Waals surface area contributed by atoms with E-state index in [1.807, 2.05) is 0 Å². The van der Waals surface area contributed by atoms with Crippen molar-refractivity contribution in [3.8, 4) is 0 Å². The zero-order valence-electron chi connectivity index (χ0n) is 9.66. The number of nitrogens with two attached hydrogens (primary N) is 1. The van der Waals surface area contributed by atoms with Crippen molar-refractivity contribution in [1.29, 1.82) is 0 Å². The van der Waals surface area contributed by atoms with E-state index in [0.29, 0.717) is 5.92 Å². The number of H-pyrrole nitrogens is 1. The molecule has 0 amide bonds. The highest BCUT2D eigenvalue weighted by molar-refractivity contribution is 4.98. The van der Waals surface area contributed by atoms with Crippen LogP contribution in [0.15, 0.2) is 0 Å². The van der Waals surface area contributed by atoms with Crippen molar-refractivity contribution in [2.45, 2.75) is 38.6 Å². The molecule has 0 saturated carbocycles. The Hall–Kier alpha value is -0.940. The molecule has 0 saturated heterocycles. The third-order valence-corrected chi connectivity index (χ3v) is 2.25. The fourth-order valence-electron chi connectivity index (χ4n) is 1.30. The van der Waals surface area contributed by atoms with E-state index in [2.05, 4.69) is 29.0 Å². The monoisotopic (exact) mass is 212 g/mol. The molecular weight excluding hydrogens is 192 g/mol. The van der Waals surface area contributed by atoms with Crippen LogP contribution in [-0.2, 0) is 4.74 Å². The zero-order valence-corrected chi connectivity index (χ0v) is 9.66. The van der Waals surface area contributed by atoms with Gasteiger partial charge in [0.2, 0.25) is 0 Å². The molecule has 1 rings (SSSR count). The first kappa shape index (κ1) is 12.1. The fraction of sp³-hybridized carbons (Fsp3) is 0.800. The fourth-order valence-corrected chi connectivity index (χ4v) is 1.30. The van der Waals surface area contributed by atoms with Crippen LogP contribution in [-0.4, -0.2) is 28.9 Å². The highest BCUT2D eigenvalue weighted by Crippen LogP contribution is 2.14. The van der Waals surface area contributed by atoms with Gasteiger partial charge in [0.05, 0.1) is 6.04 Å². The number of ether oxygens (including phenoxy) is 1. The molecule has 3 N–H and O–H groups in total. The van der Waals surface area contributed by atoms with E-state index >= 15 is 0 Å². The first-order chi connectivity index (χ1) is 7.15. The number of rotatable bonds is 6. The standard InChI is InChI=1S/C10H20N4O/c1-7(2)9-12-10(14-13-9)8(11)5-4-6-15-3/h7-8H,4-6,11H2,1-3H3,(H,12,13,14). The van der Waals surface area contributed by atoms with Gasteiger partial charge in [-0.25, -0.2) is 4.98 Å². The molecule has 1 unspecified atom stereocenters. The van der Waals surface area contributed by atoms with Gasteiger partial charge in [-0.1, -0.05) is 13.8 Å². The van der Waals surface area contributed by atoms with E-state index in [9.17, 15) is 0 Å². The third kappa shape index (κ3) is 3.60. The summed E-state index contributed by atoms with van der Waals surface area (Å²) >= 11 is 0. The van der Waals surface area contributed by atoms with Crippen molar-refractivity contribution >= 4 is 0 Å². The molecule has 1 atom stereocenters. The van der Waals surface area contributed by atoms with Gasteiger partial charge in [-0.3, -0.25) is 5.10 Å². The molecule has 5 heteroatoms. The van der Waals surface area contributed by atoms with Gasteiger partial charge < -0.3 is 10.5 Å². The molecule has 0 aliphatic rings. The number of hydrogen-bond acceptors (Lipinski definition) is 4. The van der Waals surface area contributed by atoms with Crippen LogP contribution < -0.4 is 5.73 Å². The van der Waals surface area contributed by atoms with Crippen molar-refractivity contribution in [3.05, 3.63) is 11.6 Å². The van der Waals surface area contributed by atoms with Crippen molar-refractivity contribution in [2.75, 3.05) is 13.7 Å². The lowest BCUT2D eigenvalue weighted by atomic mass is 10.1. The summed E-state index contributed by atoms with van der Waals surface area (Å²) in [6.45, 7) is 4.85. The molecule has 1 aromatic heterocycles. The summed E-state index contributed by atoms with van der Waals surface area (Å²) in [5.74, 6) is 1.93. The van der Waals surface area contributed by atoms with Gasteiger partial charge in [0.1, 0.15) is 5.82 Å². The lowest BCUT2D eigenvalue weighted by Crippen LogP contribution is -2.13. The molecule has 1 aromatic rings. The molecule has 0 bridgehead atoms. The minimum Gasteiger partial charge on any atom is -0.385 e. The highest BCUT2D eigenvalue weighted by atomic mass is 16.5. The lowest BCUT2D eigenvalue weighted by molar-refractivity contribution is 0.190. The van der Waals surface area contributed by atoms with Crippen molar-refractivity contribution in [2.24, 2.45) is 5.73 Å². The van der Waals surface area contributed by atoms with Crippen LogP contribution in [0.25, 0.3) is 0 Å². The Balaban J connectivity index is 2.47. The van der Waals surface area contributed by atoms with Crippen LogP contribution in [0.4, 0.5) is 0 Å². The molecule has 0 fully saturated rings. The van der Waals surface area contributed by atoms with Gasteiger partial charge in [0.15, 0.2) is 5.82 Å². The summed E-state index contributed by atoms with van der Waals surface area (Å²) in [4.78, 5) is 4.36. The number of aromatic amines is 1. The predicted octanol–water partition coefficient (Wildman–Crippen LogP) is 1.35. The second kappa shape index (κ2) is 5.82. The summed E-state index contributed by atoms with van der Waals surface area (Å²) in [6, 6.07) is -0.0693. The molecule has 1 heterocycles. The second-order valence-corrected chi connectivity index (χ2v) is 3.98. The number of nitrogens with one attached hydrogen (secondary N) is 1. The molecule has 0 aliphatic carbocycles. The Morgan fingerprint density at radius 1 is 1.47 bits per heavy atom. The van der Waals surface area contributed by atoms with Gasteiger partial charge in [-0.15, -0.1) is 0 Å². The first-order valence-electron chi connectivity index (χ1n) is 5.31. The average Bonchev–Trinajstić information content (AvgIpc) is 2.66. The number of nitrogens with zero attached hydrogens (tertiary/aromatic N) is 2. The normalized spacial score (nSPS) is 13.4. The molecular formula is C10H20N4O. The Morgan fingerprint density at radius 2 is 2.20 bits per heavy atom. The maximum Gasteiger partial charge on any atom is 0.153 e. The SMILES string of the molecule is COCCCC(N)c1nc(C(C)C)n[nH]1. The third-order valence-electron chi connectivity index (χ3n) is 2.25. The van der Waals surface area contributed by atoms with E-state index < -0.39 is 0 Å². The molecule has 5 nitrogen and oxygen atoms in total. The molecule has 15 heavy (non-hydrogen) atoms. The van der Waals surface area contributed by atoms with Crippen LogP contribution in [0.2, 0.25) is 0 Å². The van der Waals surface area contributed by atoms with Gasteiger partial charge in [-0.05, 0) is 12.8 Å². The van der Waals surface area contributed by atoms with Crippen LogP contribution in [0.5, 0.6) is 0 Å². The van der Waals surface area contributed by atoms with Gasteiger partial charge in [0, 0.05) is 19.6 Å². The topological polar surface area (TPSA) is 76.8 Å². The van der Waals surface area contributed by atoms with Crippen LogP contribution in [0, 0.1) is 0 Å². The Morgan fingerprint density at radius 3 is 2.73 bits per heavy atom. The van der Waals surface area contributed by atoms with Crippen LogP contribution >= 0.6 is 0 Å². The quantitative estimate of drug-likeness (QED) is 0.698. The molecule has 0 spiro atoms. The van der Waals surface area contributed by atoms with Crippen molar-refractivity contribution in [1.82, 2.24) is 15.2 Å². The maximum atomic E-state index is 5.96. The lowest BCUT2D eigenvalue weighted by Gasteiger charge is -2.06.